The SMILES string of the molecule is COc1ccccc1N1CCN(/C=C(/C#N)C(=O)NC(CC(C)C)C(=O)O)CC1. The maximum absolute atomic E-state index is 12.4. The molecule has 156 valence electrons. The van der Waals surface area contributed by atoms with E-state index in [1.807, 2.05) is 49.1 Å². The fraction of sp³-hybridized carbons (Fsp3) is 0.476. The van der Waals surface area contributed by atoms with Crippen LogP contribution in [0.1, 0.15) is 20.3 Å². The third-order valence-electron chi connectivity index (χ3n) is 4.73. The number of amides is 1. The number of anilines is 1. The third kappa shape index (κ3) is 6.14. The quantitative estimate of drug-likeness (QED) is 0.507. The summed E-state index contributed by atoms with van der Waals surface area (Å²) in [4.78, 5) is 27.8. The summed E-state index contributed by atoms with van der Waals surface area (Å²) in [5.74, 6) is -0.852. The number of carboxylic acids is 1. The largest absolute Gasteiger partial charge is 0.495 e. The molecule has 0 saturated carbocycles. The Morgan fingerprint density at radius 1 is 1.28 bits per heavy atom. The van der Waals surface area contributed by atoms with E-state index in [4.69, 9.17) is 4.74 Å². The monoisotopic (exact) mass is 400 g/mol. The van der Waals surface area contributed by atoms with Gasteiger partial charge >= 0.3 is 5.97 Å². The van der Waals surface area contributed by atoms with Crippen molar-refractivity contribution in [2.45, 2.75) is 26.3 Å². The predicted molar refractivity (Wildman–Crippen MR) is 109 cm³/mol. The Balaban J connectivity index is 2.01. The summed E-state index contributed by atoms with van der Waals surface area (Å²) in [5, 5.41) is 21.1. The van der Waals surface area contributed by atoms with Gasteiger partial charge in [-0.05, 0) is 24.5 Å². The van der Waals surface area contributed by atoms with Gasteiger partial charge in [0.2, 0.25) is 0 Å². The van der Waals surface area contributed by atoms with Crippen LogP contribution in [0.2, 0.25) is 0 Å². The minimum atomic E-state index is -1.10. The highest BCUT2D eigenvalue weighted by molar-refractivity contribution is 5.99. The molecule has 1 aromatic carbocycles. The van der Waals surface area contributed by atoms with Crippen LogP contribution in [0.5, 0.6) is 5.75 Å². The van der Waals surface area contributed by atoms with Crippen LogP contribution >= 0.6 is 0 Å². The van der Waals surface area contributed by atoms with Crippen LogP contribution in [0.4, 0.5) is 5.69 Å². The number of nitrogens with zero attached hydrogens (tertiary/aromatic N) is 3. The van der Waals surface area contributed by atoms with Gasteiger partial charge in [-0.3, -0.25) is 4.79 Å². The number of hydrogen-bond acceptors (Lipinski definition) is 6. The summed E-state index contributed by atoms with van der Waals surface area (Å²) in [6.07, 6.45) is 1.82. The van der Waals surface area contributed by atoms with Crippen LogP contribution in [-0.2, 0) is 9.59 Å². The number of hydrogen-bond donors (Lipinski definition) is 2. The van der Waals surface area contributed by atoms with Gasteiger partial charge in [0.05, 0.1) is 12.8 Å². The minimum Gasteiger partial charge on any atom is -0.495 e. The molecule has 0 bridgehead atoms. The van der Waals surface area contributed by atoms with E-state index in [2.05, 4.69) is 10.2 Å². The number of carboxylic acid groups (broad SMARTS) is 1. The number of aliphatic carboxylic acids is 1. The van der Waals surface area contributed by atoms with Gasteiger partial charge in [-0.1, -0.05) is 26.0 Å². The zero-order valence-corrected chi connectivity index (χ0v) is 17.1. The van der Waals surface area contributed by atoms with Crippen molar-refractivity contribution < 1.29 is 19.4 Å². The number of benzene rings is 1. The highest BCUT2D eigenvalue weighted by atomic mass is 16.5. The number of methoxy groups -OCH3 is 1. The van der Waals surface area contributed by atoms with Crippen molar-refractivity contribution in [3.63, 3.8) is 0 Å². The molecule has 1 unspecified atom stereocenters. The van der Waals surface area contributed by atoms with Crippen LogP contribution < -0.4 is 15.0 Å². The van der Waals surface area contributed by atoms with E-state index in [1.165, 1.54) is 6.20 Å². The molecule has 29 heavy (non-hydrogen) atoms. The molecule has 1 atom stereocenters. The van der Waals surface area contributed by atoms with Crippen molar-refractivity contribution in [1.82, 2.24) is 10.2 Å². The average molecular weight is 400 g/mol. The molecule has 1 aliphatic rings. The lowest BCUT2D eigenvalue weighted by molar-refractivity contribution is -0.141. The van der Waals surface area contributed by atoms with Gasteiger partial charge in [0.15, 0.2) is 0 Å². The van der Waals surface area contributed by atoms with E-state index in [1.54, 1.807) is 7.11 Å². The molecular weight excluding hydrogens is 372 g/mol. The number of nitriles is 1. The van der Waals surface area contributed by atoms with Gasteiger partial charge in [0.25, 0.3) is 5.91 Å². The lowest BCUT2D eigenvalue weighted by atomic mass is 10.0. The molecule has 0 aromatic heterocycles. The van der Waals surface area contributed by atoms with Gasteiger partial charge in [0.1, 0.15) is 23.4 Å². The average Bonchev–Trinajstić information content (AvgIpc) is 2.71. The fourth-order valence-corrected chi connectivity index (χ4v) is 3.23. The third-order valence-corrected chi connectivity index (χ3v) is 4.73. The van der Waals surface area contributed by atoms with E-state index >= 15 is 0 Å². The molecule has 1 aliphatic heterocycles. The van der Waals surface area contributed by atoms with Gasteiger partial charge in [-0.25, -0.2) is 4.79 Å². The molecule has 2 rings (SSSR count). The van der Waals surface area contributed by atoms with Crippen molar-refractivity contribution in [3.05, 3.63) is 36.0 Å². The number of carbonyl (C=O) groups excluding carboxylic acids is 1. The molecule has 0 spiro atoms. The second-order valence-corrected chi connectivity index (χ2v) is 7.34. The second kappa shape index (κ2) is 10.4. The smallest absolute Gasteiger partial charge is 0.326 e. The second-order valence-electron chi connectivity index (χ2n) is 7.34. The molecule has 1 heterocycles. The van der Waals surface area contributed by atoms with Gasteiger partial charge in [0, 0.05) is 32.4 Å². The fourth-order valence-electron chi connectivity index (χ4n) is 3.23. The lowest BCUT2D eigenvalue weighted by Crippen LogP contribution is -2.45. The number of para-hydroxylation sites is 2. The normalized spacial score (nSPS) is 15.6. The standard InChI is InChI=1S/C21H28N4O4/c1-15(2)12-17(21(27)28)23-20(26)16(13-22)14-24-8-10-25(11-9-24)18-6-4-5-7-19(18)29-3/h4-7,14-15,17H,8-12H2,1-3H3,(H,23,26)(H,27,28)/b16-14-. The van der Waals surface area contributed by atoms with Gasteiger partial charge in [-0.2, -0.15) is 5.26 Å². The molecule has 8 heteroatoms. The first-order valence-electron chi connectivity index (χ1n) is 9.63. The first-order valence-corrected chi connectivity index (χ1v) is 9.63. The Morgan fingerprint density at radius 3 is 2.48 bits per heavy atom. The summed E-state index contributed by atoms with van der Waals surface area (Å²) < 4.78 is 5.41. The lowest BCUT2D eigenvalue weighted by Gasteiger charge is -2.36. The highest BCUT2D eigenvalue weighted by Crippen LogP contribution is 2.28. The molecule has 1 fully saturated rings. The number of piperazine rings is 1. The van der Waals surface area contributed by atoms with E-state index in [9.17, 15) is 20.0 Å². The van der Waals surface area contributed by atoms with Crippen LogP contribution in [-0.4, -0.2) is 61.2 Å². The Kier molecular flexibility index (Phi) is 7.89. The van der Waals surface area contributed by atoms with Crippen LogP contribution in [0.15, 0.2) is 36.0 Å². The Bertz CT molecular complexity index is 792. The summed E-state index contributed by atoms with van der Waals surface area (Å²) in [7, 11) is 1.64. The molecule has 2 N–H and O–H groups in total. The summed E-state index contributed by atoms with van der Waals surface area (Å²) in [6, 6.07) is 8.66. The highest BCUT2D eigenvalue weighted by Gasteiger charge is 2.24. The molecule has 1 aromatic rings. The zero-order chi connectivity index (χ0) is 21.4. The van der Waals surface area contributed by atoms with Crippen LogP contribution in [0.3, 0.4) is 0 Å². The zero-order valence-electron chi connectivity index (χ0n) is 17.1. The maximum Gasteiger partial charge on any atom is 0.326 e. The van der Waals surface area contributed by atoms with Crippen molar-refractivity contribution in [1.29, 1.82) is 5.26 Å². The van der Waals surface area contributed by atoms with Crippen LogP contribution in [0, 0.1) is 17.2 Å². The number of nitrogens with one attached hydrogen (secondary N) is 1. The molecule has 1 amide bonds. The van der Waals surface area contributed by atoms with Crippen molar-refractivity contribution >= 4 is 17.6 Å². The van der Waals surface area contributed by atoms with E-state index in [0.717, 1.165) is 11.4 Å². The van der Waals surface area contributed by atoms with Crippen molar-refractivity contribution in [2.75, 3.05) is 38.2 Å². The Morgan fingerprint density at radius 2 is 1.93 bits per heavy atom. The molecule has 0 radical (unpaired) electrons. The predicted octanol–water partition coefficient (Wildman–Crippen LogP) is 1.84. The van der Waals surface area contributed by atoms with Gasteiger partial charge < -0.3 is 25.0 Å². The first-order chi connectivity index (χ1) is 13.8. The first kappa shape index (κ1) is 22.1. The summed E-state index contributed by atoms with van der Waals surface area (Å²) >= 11 is 0. The van der Waals surface area contributed by atoms with E-state index in [0.29, 0.717) is 32.6 Å². The van der Waals surface area contributed by atoms with Crippen molar-refractivity contribution in [3.8, 4) is 11.8 Å². The molecule has 0 aliphatic carbocycles. The molecular formula is C21H28N4O4. The number of carbonyl (C=O) groups is 2. The Hall–Kier alpha value is -3.21. The summed E-state index contributed by atoms with van der Waals surface area (Å²) in [5.41, 5.74) is 0.917. The molecule has 1 saturated heterocycles. The number of ether oxygens (including phenoxy) is 1. The van der Waals surface area contributed by atoms with Gasteiger partial charge in [-0.15, -0.1) is 0 Å². The van der Waals surface area contributed by atoms with E-state index < -0.39 is 17.9 Å². The van der Waals surface area contributed by atoms with Crippen LogP contribution in [0.25, 0.3) is 0 Å². The van der Waals surface area contributed by atoms with Crippen molar-refractivity contribution in [2.24, 2.45) is 5.92 Å². The number of rotatable bonds is 8. The minimum absolute atomic E-state index is 0.0919. The Labute approximate surface area is 171 Å². The summed E-state index contributed by atoms with van der Waals surface area (Å²) in [6.45, 7) is 6.44. The molecule has 8 nitrogen and oxygen atoms in total. The topological polar surface area (TPSA) is 106 Å². The van der Waals surface area contributed by atoms with E-state index in [-0.39, 0.29) is 11.5 Å². The maximum atomic E-state index is 12.4.